The van der Waals surface area contributed by atoms with Gasteiger partial charge in [0, 0.05) is 76.0 Å². The van der Waals surface area contributed by atoms with Crippen LogP contribution in [0, 0.1) is 0 Å². The Morgan fingerprint density at radius 3 is 2.12 bits per heavy atom. The molecule has 2 aromatic carbocycles. The highest BCUT2D eigenvalue weighted by atomic mass is 35.5. The monoisotopic (exact) mass is 470 g/mol. The summed E-state index contributed by atoms with van der Waals surface area (Å²) in [7, 11) is 1.72. The van der Waals surface area contributed by atoms with Gasteiger partial charge in [-0.25, -0.2) is 0 Å². The van der Waals surface area contributed by atoms with E-state index in [0.717, 1.165) is 82.6 Å². The molecule has 0 saturated carbocycles. The highest BCUT2D eigenvalue weighted by Crippen LogP contribution is 2.20. The van der Waals surface area contributed by atoms with E-state index in [1.807, 2.05) is 41.3 Å². The van der Waals surface area contributed by atoms with E-state index in [0.29, 0.717) is 6.54 Å². The average molecular weight is 471 g/mol. The maximum Gasteiger partial charge on any atom is 0.236 e. The number of benzene rings is 2. The molecule has 2 aromatic rings. The number of rotatable bonds is 8. The first kappa shape index (κ1) is 24.0. The van der Waals surface area contributed by atoms with Crippen LogP contribution in [0.5, 0.6) is 5.75 Å². The van der Waals surface area contributed by atoms with Crippen molar-refractivity contribution in [1.29, 1.82) is 0 Å². The Kier molecular flexibility index (Phi) is 8.62. The summed E-state index contributed by atoms with van der Waals surface area (Å²) in [5.41, 5.74) is 2.41. The summed E-state index contributed by atoms with van der Waals surface area (Å²) in [6, 6.07) is 16.2. The Labute approximate surface area is 202 Å². The Hall–Kier alpha value is -2.12. The molecule has 2 fully saturated rings. The van der Waals surface area contributed by atoms with Gasteiger partial charge in [0.1, 0.15) is 5.75 Å². The fourth-order valence-corrected chi connectivity index (χ4v) is 4.90. The van der Waals surface area contributed by atoms with Crippen LogP contribution in [0.15, 0.2) is 48.5 Å². The molecule has 0 unspecified atom stereocenters. The number of amides is 1. The van der Waals surface area contributed by atoms with Crippen LogP contribution >= 0.6 is 11.6 Å². The third-order valence-corrected chi connectivity index (χ3v) is 7.16. The minimum atomic E-state index is 0.261. The smallest absolute Gasteiger partial charge is 0.236 e. The van der Waals surface area contributed by atoms with Crippen molar-refractivity contribution in [2.45, 2.75) is 13.0 Å². The van der Waals surface area contributed by atoms with Gasteiger partial charge in [-0.05, 0) is 24.1 Å². The Morgan fingerprint density at radius 1 is 0.818 bits per heavy atom. The van der Waals surface area contributed by atoms with Crippen LogP contribution < -0.4 is 4.74 Å². The van der Waals surface area contributed by atoms with Crippen molar-refractivity contribution in [3.8, 4) is 5.75 Å². The summed E-state index contributed by atoms with van der Waals surface area (Å²) in [5.74, 6) is 1.19. The second kappa shape index (κ2) is 11.8. The molecular formula is C26H35ClN4O2. The van der Waals surface area contributed by atoms with Crippen molar-refractivity contribution in [2.75, 3.05) is 72.6 Å². The molecule has 2 heterocycles. The molecule has 0 aromatic heterocycles. The molecule has 2 aliphatic rings. The minimum Gasteiger partial charge on any atom is -0.496 e. The number of carbonyl (C=O) groups is 1. The topological polar surface area (TPSA) is 39.3 Å². The SMILES string of the molecule is COc1ccccc1CN1CCN(C(=O)CN2CCN(CCc3ccccc3Cl)CC2)CC1. The van der Waals surface area contributed by atoms with Gasteiger partial charge in [0.25, 0.3) is 0 Å². The van der Waals surface area contributed by atoms with E-state index in [1.54, 1.807) is 7.11 Å². The van der Waals surface area contributed by atoms with Crippen molar-refractivity contribution in [3.05, 3.63) is 64.7 Å². The summed E-state index contributed by atoms with van der Waals surface area (Å²) in [4.78, 5) is 22.1. The van der Waals surface area contributed by atoms with Gasteiger partial charge in [-0.2, -0.15) is 0 Å². The molecule has 0 radical (unpaired) electrons. The molecule has 1 amide bonds. The van der Waals surface area contributed by atoms with E-state index in [2.05, 4.69) is 26.8 Å². The number of halogens is 1. The average Bonchev–Trinajstić information content (AvgIpc) is 2.85. The summed E-state index contributed by atoms with van der Waals surface area (Å²) in [6.45, 7) is 9.71. The first-order valence-electron chi connectivity index (χ1n) is 11.9. The number of ether oxygens (including phenoxy) is 1. The number of hydrogen-bond donors (Lipinski definition) is 0. The van der Waals surface area contributed by atoms with E-state index < -0.39 is 0 Å². The predicted molar refractivity (Wildman–Crippen MR) is 133 cm³/mol. The van der Waals surface area contributed by atoms with Gasteiger partial charge < -0.3 is 14.5 Å². The van der Waals surface area contributed by atoms with Crippen molar-refractivity contribution < 1.29 is 9.53 Å². The van der Waals surface area contributed by atoms with Gasteiger partial charge in [-0.3, -0.25) is 14.6 Å². The van der Waals surface area contributed by atoms with Gasteiger partial charge in [0.05, 0.1) is 13.7 Å². The molecule has 0 aliphatic carbocycles. The summed E-state index contributed by atoms with van der Waals surface area (Å²) in [5, 5.41) is 0.852. The van der Waals surface area contributed by atoms with Crippen molar-refractivity contribution in [2.24, 2.45) is 0 Å². The molecule has 33 heavy (non-hydrogen) atoms. The molecule has 0 atom stereocenters. The Morgan fingerprint density at radius 2 is 1.42 bits per heavy atom. The number of piperazine rings is 2. The Balaban J connectivity index is 1.15. The summed E-state index contributed by atoms with van der Waals surface area (Å²) >= 11 is 6.28. The van der Waals surface area contributed by atoms with Gasteiger partial charge in [-0.15, -0.1) is 0 Å². The molecule has 7 heteroatoms. The van der Waals surface area contributed by atoms with Crippen LogP contribution in [0.2, 0.25) is 5.02 Å². The predicted octanol–water partition coefficient (Wildman–Crippen LogP) is 2.85. The maximum absolute atomic E-state index is 12.9. The van der Waals surface area contributed by atoms with Crippen LogP contribution in [0.25, 0.3) is 0 Å². The molecule has 178 valence electrons. The second-order valence-electron chi connectivity index (χ2n) is 8.93. The number of para-hydroxylation sites is 1. The van der Waals surface area contributed by atoms with Crippen LogP contribution in [-0.4, -0.2) is 98.1 Å². The molecule has 4 rings (SSSR count). The van der Waals surface area contributed by atoms with Crippen molar-refractivity contribution in [3.63, 3.8) is 0 Å². The van der Waals surface area contributed by atoms with E-state index in [9.17, 15) is 4.79 Å². The molecular weight excluding hydrogens is 436 g/mol. The number of methoxy groups -OCH3 is 1. The second-order valence-corrected chi connectivity index (χ2v) is 9.34. The highest BCUT2D eigenvalue weighted by molar-refractivity contribution is 6.31. The van der Waals surface area contributed by atoms with Crippen LogP contribution in [0.4, 0.5) is 0 Å². The number of hydrogen-bond acceptors (Lipinski definition) is 5. The zero-order valence-electron chi connectivity index (χ0n) is 19.6. The highest BCUT2D eigenvalue weighted by Gasteiger charge is 2.25. The van der Waals surface area contributed by atoms with Gasteiger partial charge in [0.2, 0.25) is 5.91 Å². The van der Waals surface area contributed by atoms with Crippen LogP contribution in [0.3, 0.4) is 0 Å². The van der Waals surface area contributed by atoms with Crippen molar-refractivity contribution in [1.82, 2.24) is 19.6 Å². The maximum atomic E-state index is 12.9. The fourth-order valence-electron chi connectivity index (χ4n) is 4.67. The standard InChI is InChI=1S/C26H35ClN4O2/c1-33-25-9-5-3-7-23(25)20-29-16-18-31(19-17-29)26(32)21-30-14-12-28(13-15-30)11-10-22-6-2-4-8-24(22)27/h2-9H,10-21H2,1H3. The number of nitrogens with zero attached hydrogens (tertiary/aromatic N) is 4. The van der Waals surface area contributed by atoms with Crippen molar-refractivity contribution >= 4 is 17.5 Å². The molecule has 2 aliphatic heterocycles. The first-order chi connectivity index (χ1) is 16.1. The van der Waals surface area contributed by atoms with Crippen LogP contribution in [0.1, 0.15) is 11.1 Å². The largest absolute Gasteiger partial charge is 0.496 e. The lowest BCUT2D eigenvalue weighted by molar-refractivity contribution is -0.134. The molecule has 6 nitrogen and oxygen atoms in total. The van der Waals surface area contributed by atoms with E-state index in [4.69, 9.17) is 16.3 Å². The van der Waals surface area contributed by atoms with E-state index >= 15 is 0 Å². The minimum absolute atomic E-state index is 0.261. The lowest BCUT2D eigenvalue weighted by Gasteiger charge is -2.38. The van der Waals surface area contributed by atoms with Crippen LogP contribution in [-0.2, 0) is 17.8 Å². The summed E-state index contributed by atoms with van der Waals surface area (Å²) < 4.78 is 5.48. The lowest BCUT2D eigenvalue weighted by atomic mass is 10.1. The normalized spacial score (nSPS) is 18.4. The third kappa shape index (κ3) is 6.70. The first-order valence-corrected chi connectivity index (χ1v) is 12.3. The summed E-state index contributed by atoms with van der Waals surface area (Å²) in [6.07, 6.45) is 0.970. The van der Waals surface area contributed by atoms with E-state index in [-0.39, 0.29) is 5.91 Å². The lowest BCUT2D eigenvalue weighted by Crippen LogP contribution is -2.53. The molecule has 0 spiro atoms. The Bertz CT molecular complexity index is 909. The zero-order chi connectivity index (χ0) is 23.0. The van der Waals surface area contributed by atoms with Gasteiger partial charge >= 0.3 is 0 Å². The number of carbonyl (C=O) groups excluding carboxylic acids is 1. The molecule has 2 saturated heterocycles. The third-order valence-electron chi connectivity index (χ3n) is 6.79. The quantitative estimate of drug-likeness (QED) is 0.593. The molecule has 0 bridgehead atoms. The zero-order valence-corrected chi connectivity index (χ0v) is 20.3. The van der Waals surface area contributed by atoms with Gasteiger partial charge in [0.15, 0.2) is 0 Å². The van der Waals surface area contributed by atoms with E-state index in [1.165, 1.54) is 11.1 Å². The van der Waals surface area contributed by atoms with Gasteiger partial charge in [-0.1, -0.05) is 48.0 Å². The molecule has 0 N–H and O–H groups in total. The fraction of sp³-hybridized carbons (Fsp3) is 0.500.